The molecule has 2 aromatic heterocycles. The normalized spacial score (nSPS) is 18.1. The number of hydrogen-bond donors (Lipinski definition) is 7. The molecule has 9 rings (SSSR count). The Morgan fingerprint density at radius 2 is 1.47 bits per heavy atom. The zero-order chi connectivity index (χ0) is 66.7. The van der Waals surface area contributed by atoms with E-state index in [1.165, 1.54) is 10.6 Å². The van der Waals surface area contributed by atoms with Crippen LogP contribution in [-0.2, 0) is 98.5 Å². The number of pyridine rings is 2. The van der Waals surface area contributed by atoms with Gasteiger partial charge in [0.1, 0.15) is 55.1 Å². The molecule has 7 N–H and O–H groups in total. The maximum Gasteiger partial charge on any atom is 0.410 e. The van der Waals surface area contributed by atoms with Gasteiger partial charge in [-0.05, 0) is 108 Å². The zero-order valence-electron chi connectivity index (χ0n) is 52.3. The summed E-state index contributed by atoms with van der Waals surface area (Å²) in [6.45, 7) is 8.33. The molecule has 0 radical (unpaired) electrons. The maximum absolute atomic E-state index is 15.6. The summed E-state index contributed by atoms with van der Waals surface area (Å²) in [4.78, 5) is 167. The third-order valence-corrected chi connectivity index (χ3v) is 16.3. The molecular formula is C64H75FN10O17. The molecule has 1 saturated carbocycles. The number of imide groups is 1. The number of cyclic esters (lactones) is 1. The van der Waals surface area contributed by atoms with Crippen molar-refractivity contribution < 1.29 is 81.2 Å². The summed E-state index contributed by atoms with van der Waals surface area (Å²) in [6, 6.07) is 7.70. The molecule has 4 aromatic rings. The Hall–Kier alpha value is -9.44. The predicted molar refractivity (Wildman–Crippen MR) is 323 cm³/mol. The Balaban J connectivity index is 0.807. The van der Waals surface area contributed by atoms with Crippen molar-refractivity contribution in [2.24, 2.45) is 5.92 Å². The van der Waals surface area contributed by atoms with Gasteiger partial charge in [0.15, 0.2) is 5.60 Å². The molecule has 0 unspecified atom stereocenters. The minimum absolute atomic E-state index is 0.0296. The highest BCUT2D eigenvalue weighted by Crippen LogP contribution is 2.46. The van der Waals surface area contributed by atoms with Gasteiger partial charge < -0.3 is 60.5 Å². The largest absolute Gasteiger partial charge is 0.459 e. The molecule has 2 aromatic carbocycles. The highest BCUT2D eigenvalue weighted by atomic mass is 19.1. The van der Waals surface area contributed by atoms with Crippen LogP contribution in [0.3, 0.4) is 0 Å². The highest BCUT2D eigenvalue weighted by molar-refractivity contribution is 6.15. The lowest BCUT2D eigenvalue weighted by molar-refractivity contribution is -0.172. The fraction of sp³-hybridized carbons (Fsp3) is 0.484. The van der Waals surface area contributed by atoms with Gasteiger partial charge >= 0.3 is 18.0 Å². The Kier molecular flexibility index (Phi) is 19.8. The van der Waals surface area contributed by atoms with E-state index in [0.717, 1.165) is 29.9 Å². The summed E-state index contributed by atoms with van der Waals surface area (Å²) in [5.41, 5.74) is -0.415. The molecular weight excluding hydrogens is 1200 g/mol. The lowest BCUT2D eigenvalue weighted by Gasteiger charge is -2.32. The van der Waals surface area contributed by atoms with E-state index in [1.54, 1.807) is 91.8 Å². The van der Waals surface area contributed by atoms with Crippen LogP contribution in [0.4, 0.5) is 9.18 Å². The molecule has 0 spiro atoms. The monoisotopic (exact) mass is 1270 g/mol. The summed E-state index contributed by atoms with van der Waals surface area (Å²) in [5, 5.41) is 27.5. The Morgan fingerprint density at radius 1 is 0.815 bits per heavy atom. The van der Waals surface area contributed by atoms with Crippen LogP contribution in [0, 0.1) is 18.7 Å². The van der Waals surface area contributed by atoms with Crippen LogP contribution in [0.1, 0.15) is 126 Å². The Labute approximate surface area is 527 Å². The van der Waals surface area contributed by atoms with Crippen molar-refractivity contribution >= 4 is 76.2 Å². The molecule has 2 aliphatic carbocycles. The van der Waals surface area contributed by atoms with Gasteiger partial charge in [-0.25, -0.2) is 19.0 Å². The minimum atomic E-state index is -2.08. The van der Waals surface area contributed by atoms with Crippen LogP contribution >= 0.6 is 0 Å². The van der Waals surface area contributed by atoms with Gasteiger partial charge in [-0.3, -0.25) is 57.7 Å². The number of fused-ring (bicyclic) bond motifs is 5. The van der Waals surface area contributed by atoms with Crippen molar-refractivity contribution in [2.75, 3.05) is 39.5 Å². The zero-order valence-corrected chi connectivity index (χ0v) is 52.3. The molecule has 5 aliphatic rings. The number of aryl methyl sites for hydroxylation is 1. The number of nitrogens with zero attached hydrogens (tertiary/aromatic N) is 4. The van der Waals surface area contributed by atoms with Crippen LogP contribution < -0.4 is 37.5 Å². The van der Waals surface area contributed by atoms with E-state index in [2.05, 4.69) is 31.9 Å². The number of carbonyl (C=O) groups is 11. The molecule has 3 aliphatic heterocycles. The number of rotatable bonds is 24. The lowest BCUT2D eigenvalue weighted by atomic mass is 9.81. The molecule has 92 heavy (non-hydrogen) atoms. The van der Waals surface area contributed by atoms with Crippen LogP contribution in [0.15, 0.2) is 59.4 Å². The second kappa shape index (κ2) is 27.2. The molecule has 27 nitrogen and oxygen atoms in total. The first-order valence-corrected chi connectivity index (χ1v) is 30.3. The van der Waals surface area contributed by atoms with Crippen LogP contribution in [0.2, 0.25) is 0 Å². The third kappa shape index (κ3) is 15.3. The fourth-order valence-corrected chi connectivity index (χ4v) is 11.5. The smallest absolute Gasteiger partial charge is 0.410 e. The topological polar surface area (TPSA) is 358 Å². The summed E-state index contributed by atoms with van der Waals surface area (Å²) in [5.74, 6) is -8.80. The Bertz CT molecular complexity index is 3760. The average Bonchev–Trinajstić information content (AvgIpc) is 1.47. The molecule has 0 bridgehead atoms. The molecule has 1 fully saturated rings. The van der Waals surface area contributed by atoms with Gasteiger partial charge in [-0.1, -0.05) is 50.1 Å². The first kappa shape index (κ1) is 67.0. The first-order valence-electron chi connectivity index (χ1n) is 30.3. The van der Waals surface area contributed by atoms with Crippen molar-refractivity contribution in [3.05, 3.63) is 110 Å². The third-order valence-electron chi connectivity index (χ3n) is 16.3. The molecule has 9 amide bonds. The van der Waals surface area contributed by atoms with E-state index >= 15 is 4.39 Å². The predicted octanol–water partition coefficient (Wildman–Crippen LogP) is 1.84. The quantitative estimate of drug-likeness (QED) is 0.0201. The number of halogens is 1. The van der Waals surface area contributed by atoms with Crippen molar-refractivity contribution in [1.29, 1.82) is 0 Å². The van der Waals surface area contributed by atoms with E-state index in [4.69, 9.17) is 23.9 Å². The van der Waals surface area contributed by atoms with Crippen LogP contribution in [-0.4, -0.2) is 159 Å². The van der Waals surface area contributed by atoms with E-state index in [0.29, 0.717) is 74.3 Å². The molecule has 5 atom stereocenters. The van der Waals surface area contributed by atoms with Crippen molar-refractivity contribution in [1.82, 2.24) is 51.3 Å². The molecule has 0 saturated heterocycles. The summed E-state index contributed by atoms with van der Waals surface area (Å²) < 4.78 is 39.2. The number of esters is 2. The summed E-state index contributed by atoms with van der Waals surface area (Å²) >= 11 is 0. The summed E-state index contributed by atoms with van der Waals surface area (Å²) in [6.07, 6.45) is 2.28. The van der Waals surface area contributed by atoms with Crippen LogP contribution in [0.5, 0.6) is 0 Å². The van der Waals surface area contributed by atoms with Crippen molar-refractivity contribution in [2.45, 2.75) is 155 Å². The SMILES string of the molecule is CC[C@@]1(O)C(=O)OCc2c1cc1n(c2=O)Cc2c-1nc1cc(F)c(C)c3c1c2[C@@H](NC(=O)[C@H](CC1CC1)OCNC(=O)CNC(=O)[C@H](Cc1ccccc1)NC(=O)CNC(=O)CNC(=O)[C@H](CN(CC(=O)OC(C)(C)C)C(=O)OC(C)(C)C)N1C(=O)C=CC1=O)CC3. The van der Waals surface area contributed by atoms with Gasteiger partial charge in [0.25, 0.3) is 17.4 Å². The van der Waals surface area contributed by atoms with Gasteiger partial charge in [0.2, 0.25) is 35.4 Å². The number of aromatic nitrogens is 2. The number of benzene rings is 2. The number of amides is 9. The van der Waals surface area contributed by atoms with Crippen molar-refractivity contribution in [3.63, 3.8) is 0 Å². The van der Waals surface area contributed by atoms with E-state index in [-0.39, 0.29) is 43.0 Å². The number of carbonyl (C=O) groups excluding carboxylic acids is 11. The second-order valence-corrected chi connectivity index (χ2v) is 25.4. The van der Waals surface area contributed by atoms with Gasteiger partial charge in [0.05, 0.1) is 61.2 Å². The molecule has 28 heteroatoms. The number of aliphatic hydroxyl groups is 1. The Morgan fingerprint density at radius 3 is 2.12 bits per heavy atom. The molecule has 5 heterocycles. The average molecular weight is 1280 g/mol. The fourth-order valence-electron chi connectivity index (χ4n) is 11.5. The van der Waals surface area contributed by atoms with Gasteiger partial charge in [0, 0.05) is 41.2 Å². The highest BCUT2D eigenvalue weighted by Gasteiger charge is 2.47. The van der Waals surface area contributed by atoms with Crippen molar-refractivity contribution in [3.8, 4) is 11.4 Å². The second-order valence-electron chi connectivity index (χ2n) is 25.4. The van der Waals surface area contributed by atoms with Gasteiger partial charge in [-0.2, -0.15) is 0 Å². The number of ether oxygens (including phenoxy) is 4. The van der Waals surface area contributed by atoms with E-state index in [9.17, 15) is 62.6 Å². The first-order chi connectivity index (χ1) is 43.4. The number of hydrogen-bond acceptors (Lipinski definition) is 18. The number of nitrogens with one attached hydrogen (secondary N) is 6. The standard InChI is InChI=1S/C64H75FN10O17/c1-9-64(88)39-23-44-55-37(28-74(44)59(85)38(39)31-89-60(64)86)54-41(18-17-36-33(2)40(65)24-42(71-55)53(36)54)72-58(84)46(22-35-15-16-35)90-32-69-48(77)26-67-56(82)43(21-34-13-11-10-12-14-34)70-49(78)27-66-47(76)25-68-57(83)45(75-50(79)19-20-51(75)80)29-73(61(87)92-63(6,7)8)30-52(81)91-62(3,4)5/h10-14,19-20,23-24,35,41,43,45-46,88H,9,15-18,21-22,25-32H2,1-8H3,(H,66,76)(H,67,82)(H,68,83)(H,69,77)(H,70,78)(H,72,84)/t41-,43-,45-,46-,64-/m0/s1. The van der Waals surface area contributed by atoms with E-state index < -0.39 is 157 Å². The lowest BCUT2D eigenvalue weighted by Crippen LogP contribution is -2.57. The minimum Gasteiger partial charge on any atom is -0.459 e. The van der Waals surface area contributed by atoms with Gasteiger partial charge in [-0.15, -0.1) is 0 Å². The molecule has 490 valence electrons. The van der Waals surface area contributed by atoms with Crippen LogP contribution in [0.25, 0.3) is 22.3 Å². The maximum atomic E-state index is 15.6. The summed E-state index contributed by atoms with van der Waals surface area (Å²) in [7, 11) is 0. The van der Waals surface area contributed by atoms with E-state index in [1.807, 2.05) is 0 Å².